The van der Waals surface area contributed by atoms with E-state index < -0.39 is 12.0 Å². The molecule has 4 aromatic carbocycles. The summed E-state index contributed by atoms with van der Waals surface area (Å²) in [6.07, 6.45) is 3.63. The van der Waals surface area contributed by atoms with Crippen LogP contribution in [-0.4, -0.2) is 99.2 Å². The van der Waals surface area contributed by atoms with E-state index in [0.717, 1.165) is 62.2 Å². The van der Waals surface area contributed by atoms with Gasteiger partial charge >= 0.3 is 6.09 Å². The van der Waals surface area contributed by atoms with Gasteiger partial charge in [0.25, 0.3) is 0 Å². The molecular formula is C44H48N8O5. The molecule has 0 saturated heterocycles. The van der Waals surface area contributed by atoms with Crippen LogP contribution in [0.5, 0.6) is 0 Å². The Morgan fingerprint density at radius 3 is 1.89 bits per heavy atom. The molecule has 0 fully saturated rings. The van der Waals surface area contributed by atoms with Crippen LogP contribution in [0.4, 0.5) is 4.79 Å². The Labute approximate surface area is 332 Å². The largest absolute Gasteiger partial charge is 0.453 e. The first kappa shape index (κ1) is 40.1. The SMILES string of the molecule is CCCN(Cc1ncc(-c2ccc(-c3ccc4cc(-c5cnc(CN(CC(C)=O)C(=O)CNC(=O)OC)[nH]5)ccc4c3)cc2)[nH]1)C(=O)[C@@H](c1ccccc1)N(C)C. The maximum Gasteiger partial charge on any atom is 0.407 e. The number of carbonyl (C=O) groups is 4. The van der Waals surface area contributed by atoms with Gasteiger partial charge in [0.2, 0.25) is 11.8 Å². The molecular weight excluding hydrogens is 721 g/mol. The summed E-state index contributed by atoms with van der Waals surface area (Å²) in [5.41, 5.74) is 6.69. The maximum atomic E-state index is 13.8. The van der Waals surface area contributed by atoms with Crippen LogP contribution < -0.4 is 5.32 Å². The summed E-state index contributed by atoms with van der Waals surface area (Å²) in [6, 6.07) is 30.3. The topological polar surface area (TPSA) is 157 Å². The molecule has 0 spiro atoms. The highest BCUT2D eigenvalue weighted by Gasteiger charge is 2.28. The second kappa shape index (κ2) is 18.4. The predicted molar refractivity (Wildman–Crippen MR) is 220 cm³/mol. The van der Waals surface area contributed by atoms with Crippen molar-refractivity contribution in [1.82, 2.24) is 40.0 Å². The zero-order valence-electron chi connectivity index (χ0n) is 32.9. The van der Waals surface area contributed by atoms with Gasteiger partial charge in [0.15, 0.2) is 0 Å². The number of hydrogen-bond donors (Lipinski definition) is 3. The average molecular weight is 769 g/mol. The number of amides is 3. The highest BCUT2D eigenvalue weighted by molar-refractivity contribution is 5.91. The van der Waals surface area contributed by atoms with Crippen molar-refractivity contribution in [3.8, 4) is 33.6 Å². The van der Waals surface area contributed by atoms with Crippen molar-refractivity contribution in [2.45, 2.75) is 39.4 Å². The van der Waals surface area contributed by atoms with E-state index in [2.05, 4.69) is 91.5 Å². The molecule has 0 aliphatic rings. The minimum atomic E-state index is -0.730. The summed E-state index contributed by atoms with van der Waals surface area (Å²) in [5, 5.41) is 4.48. The summed E-state index contributed by atoms with van der Waals surface area (Å²) >= 11 is 0. The van der Waals surface area contributed by atoms with Crippen molar-refractivity contribution in [1.29, 1.82) is 0 Å². The number of rotatable bonds is 16. The third-order valence-corrected chi connectivity index (χ3v) is 9.63. The highest BCUT2D eigenvalue weighted by Crippen LogP contribution is 2.30. The summed E-state index contributed by atoms with van der Waals surface area (Å²) in [7, 11) is 5.07. The quantitative estimate of drug-likeness (QED) is 0.0995. The average Bonchev–Trinajstić information content (AvgIpc) is 3.89. The lowest BCUT2D eigenvalue weighted by molar-refractivity contribution is -0.137. The van der Waals surface area contributed by atoms with Crippen LogP contribution in [0.1, 0.15) is 43.5 Å². The summed E-state index contributed by atoms with van der Waals surface area (Å²) < 4.78 is 4.53. The van der Waals surface area contributed by atoms with Crippen molar-refractivity contribution >= 4 is 34.5 Å². The normalized spacial score (nSPS) is 11.7. The van der Waals surface area contributed by atoms with Gasteiger partial charge in [-0.15, -0.1) is 0 Å². The van der Waals surface area contributed by atoms with Gasteiger partial charge in [-0.2, -0.15) is 0 Å². The Kier molecular flexibility index (Phi) is 12.9. The minimum Gasteiger partial charge on any atom is -0.453 e. The van der Waals surface area contributed by atoms with E-state index in [0.29, 0.717) is 18.9 Å². The van der Waals surface area contributed by atoms with Gasteiger partial charge in [0, 0.05) is 12.1 Å². The number of nitrogens with one attached hydrogen (secondary N) is 3. The molecule has 2 aromatic heterocycles. The van der Waals surface area contributed by atoms with Crippen molar-refractivity contribution in [2.75, 3.05) is 40.8 Å². The van der Waals surface area contributed by atoms with Gasteiger partial charge in [-0.05, 0) is 72.6 Å². The second-order valence-electron chi connectivity index (χ2n) is 14.2. The zero-order valence-corrected chi connectivity index (χ0v) is 32.9. The lowest BCUT2D eigenvalue weighted by Crippen LogP contribution is -2.42. The number of fused-ring (bicyclic) bond motifs is 1. The standard InChI is InChI=1S/C44H48N8O5/c1-6-20-51(43(55)42(50(3)4)32-10-8-7-9-11-32)27-39-45-23-37(48-39)31-14-12-30(13-15-31)33-16-17-35-22-36(19-18-34(35)21-33)38-24-46-40(49-38)28-52(26-29(2)53)41(54)25-47-44(56)57-5/h7-19,21-24,42H,6,20,25-28H2,1-5H3,(H,45,48)(H,46,49)(H,47,56)/t42-/m1/s1. The number of ether oxygens (including phenoxy) is 1. The van der Waals surface area contributed by atoms with Gasteiger partial charge in [-0.1, -0.05) is 85.8 Å². The molecule has 294 valence electrons. The summed E-state index contributed by atoms with van der Waals surface area (Å²) in [4.78, 5) is 70.8. The lowest BCUT2D eigenvalue weighted by atomic mass is 9.98. The number of imidazole rings is 2. The lowest BCUT2D eigenvalue weighted by Gasteiger charge is -2.30. The van der Waals surface area contributed by atoms with E-state index >= 15 is 0 Å². The Balaban J connectivity index is 1.12. The fourth-order valence-electron chi connectivity index (χ4n) is 6.82. The third-order valence-electron chi connectivity index (χ3n) is 9.63. The molecule has 3 amide bonds. The van der Waals surface area contributed by atoms with Crippen LogP contribution in [0.25, 0.3) is 44.4 Å². The molecule has 0 unspecified atom stereocenters. The summed E-state index contributed by atoms with van der Waals surface area (Å²) in [6.45, 7) is 4.15. The first-order valence-corrected chi connectivity index (χ1v) is 18.8. The molecule has 13 heteroatoms. The second-order valence-corrected chi connectivity index (χ2v) is 14.2. The monoisotopic (exact) mass is 768 g/mol. The highest BCUT2D eigenvalue weighted by atomic mass is 16.5. The van der Waals surface area contributed by atoms with Crippen molar-refractivity contribution in [2.24, 2.45) is 0 Å². The fourth-order valence-corrected chi connectivity index (χ4v) is 6.82. The smallest absolute Gasteiger partial charge is 0.407 e. The number of likely N-dealkylation sites (N-methyl/N-ethyl adjacent to an activating group) is 1. The molecule has 0 aliphatic carbocycles. The van der Waals surface area contributed by atoms with Gasteiger partial charge in [0.1, 0.15) is 30.0 Å². The Hall–Kier alpha value is -6.60. The van der Waals surface area contributed by atoms with Crippen LogP contribution >= 0.6 is 0 Å². The fraction of sp³-hybridized carbons (Fsp3) is 0.273. The predicted octanol–water partition coefficient (Wildman–Crippen LogP) is 6.60. The number of carbonyl (C=O) groups excluding carboxylic acids is 4. The zero-order chi connectivity index (χ0) is 40.5. The molecule has 13 nitrogen and oxygen atoms in total. The van der Waals surface area contributed by atoms with Crippen molar-refractivity contribution in [3.63, 3.8) is 0 Å². The molecule has 2 heterocycles. The van der Waals surface area contributed by atoms with Crippen LogP contribution in [0, 0.1) is 0 Å². The molecule has 57 heavy (non-hydrogen) atoms. The van der Waals surface area contributed by atoms with E-state index in [1.54, 1.807) is 6.20 Å². The van der Waals surface area contributed by atoms with E-state index in [1.165, 1.54) is 18.9 Å². The molecule has 0 saturated carbocycles. The molecule has 6 rings (SSSR count). The number of H-pyrrole nitrogens is 2. The Morgan fingerprint density at radius 2 is 1.30 bits per heavy atom. The number of ketones is 1. The number of methoxy groups -OCH3 is 1. The molecule has 0 radical (unpaired) electrons. The van der Waals surface area contributed by atoms with Gasteiger partial charge < -0.3 is 29.8 Å². The first-order valence-electron chi connectivity index (χ1n) is 18.8. The Morgan fingerprint density at radius 1 is 0.737 bits per heavy atom. The van der Waals surface area contributed by atoms with Crippen LogP contribution in [0.2, 0.25) is 0 Å². The molecule has 6 aromatic rings. The number of Topliss-reactive ketones (excluding diaryl/α,β-unsaturated/α-hetero) is 1. The van der Waals surface area contributed by atoms with Gasteiger partial charge in [-0.3, -0.25) is 19.3 Å². The molecule has 0 bridgehead atoms. The first-order chi connectivity index (χ1) is 27.5. The van der Waals surface area contributed by atoms with Crippen molar-refractivity contribution in [3.05, 3.63) is 121 Å². The van der Waals surface area contributed by atoms with Crippen LogP contribution in [-0.2, 0) is 32.2 Å². The maximum absolute atomic E-state index is 13.8. The number of benzene rings is 4. The van der Waals surface area contributed by atoms with Gasteiger partial charge in [0.05, 0.1) is 50.5 Å². The van der Waals surface area contributed by atoms with E-state index in [-0.39, 0.29) is 37.4 Å². The molecule has 3 N–H and O–H groups in total. The minimum absolute atomic E-state index is 0.0459. The number of hydrogen-bond acceptors (Lipinski definition) is 8. The third kappa shape index (κ3) is 9.99. The number of alkyl carbamates (subject to hydrolysis) is 1. The number of aromatic nitrogens is 4. The summed E-state index contributed by atoms with van der Waals surface area (Å²) in [5.74, 6) is 0.662. The number of nitrogens with zero attached hydrogens (tertiary/aromatic N) is 5. The van der Waals surface area contributed by atoms with E-state index in [1.807, 2.05) is 66.5 Å². The molecule has 1 atom stereocenters. The molecule has 0 aliphatic heterocycles. The van der Waals surface area contributed by atoms with Crippen LogP contribution in [0.3, 0.4) is 0 Å². The van der Waals surface area contributed by atoms with Gasteiger partial charge in [-0.25, -0.2) is 14.8 Å². The van der Waals surface area contributed by atoms with Crippen LogP contribution in [0.15, 0.2) is 103 Å². The van der Waals surface area contributed by atoms with E-state index in [9.17, 15) is 19.2 Å². The van der Waals surface area contributed by atoms with Crippen molar-refractivity contribution < 1.29 is 23.9 Å². The Bertz CT molecular complexity index is 2330. The van der Waals surface area contributed by atoms with E-state index in [4.69, 9.17) is 0 Å². The number of aromatic amines is 2.